The van der Waals surface area contributed by atoms with Crippen LogP contribution in [-0.2, 0) is 4.74 Å². The highest BCUT2D eigenvalue weighted by Crippen LogP contribution is 2.30. The van der Waals surface area contributed by atoms with Crippen molar-refractivity contribution in [2.75, 3.05) is 26.3 Å². The molecule has 5 heterocycles. The van der Waals surface area contributed by atoms with Crippen molar-refractivity contribution in [2.24, 2.45) is 0 Å². The van der Waals surface area contributed by atoms with E-state index in [0.29, 0.717) is 18.7 Å². The van der Waals surface area contributed by atoms with Gasteiger partial charge in [0.2, 0.25) is 0 Å². The standard InChI is InChI=1S/C26H27FN4O3/c27-20-15-28-10-6-23(20)34-24-3-1-2-17-4-5-21(30-26(17)24)22-16-29-25-14-19(7-11-31(22)25)33-18-8-12-32-13-9-18/h1-5,7,11,14,16,18,20,23,28H,6,8-10,12-13,15H2/t20-,23?/m0/s1. The number of alkyl halides is 1. The predicted molar refractivity (Wildman–Crippen MR) is 127 cm³/mol. The van der Waals surface area contributed by atoms with Gasteiger partial charge in [-0.15, -0.1) is 0 Å². The first-order chi connectivity index (χ1) is 16.7. The Morgan fingerprint density at radius 3 is 2.85 bits per heavy atom. The molecule has 1 aromatic carbocycles. The molecule has 3 aromatic heterocycles. The zero-order chi connectivity index (χ0) is 22.9. The molecule has 7 nitrogen and oxygen atoms in total. The number of rotatable bonds is 5. The monoisotopic (exact) mass is 462 g/mol. The second-order valence-corrected chi connectivity index (χ2v) is 8.85. The van der Waals surface area contributed by atoms with E-state index in [1.165, 1.54) is 0 Å². The van der Waals surface area contributed by atoms with E-state index in [4.69, 9.17) is 19.2 Å². The molecule has 8 heteroatoms. The molecule has 34 heavy (non-hydrogen) atoms. The Labute approximate surface area is 196 Å². The third-order valence-corrected chi connectivity index (χ3v) is 6.53. The number of nitrogens with one attached hydrogen (secondary N) is 1. The molecule has 2 saturated heterocycles. The lowest BCUT2D eigenvalue weighted by Crippen LogP contribution is -2.44. The molecule has 6 rings (SSSR count). The topological polar surface area (TPSA) is 69.9 Å². The fourth-order valence-electron chi connectivity index (χ4n) is 4.66. The lowest BCUT2D eigenvalue weighted by atomic mass is 10.1. The predicted octanol–water partition coefficient (Wildman–Crippen LogP) is 4.19. The van der Waals surface area contributed by atoms with Crippen molar-refractivity contribution in [3.63, 3.8) is 0 Å². The molecule has 0 bridgehead atoms. The van der Waals surface area contributed by atoms with E-state index in [9.17, 15) is 4.39 Å². The maximum absolute atomic E-state index is 14.4. The SMILES string of the molecule is F[C@H]1CNCCC1Oc1cccc2ccc(-c3cnc4cc(OC5CCOCC5)ccn34)nc12. The number of ether oxygens (including phenoxy) is 3. The minimum Gasteiger partial charge on any atom is -0.490 e. The molecule has 2 aliphatic heterocycles. The molecular weight excluding hydrogens is 435 g/mol. The van der Waals surface area contributed by atoms with Crippen LogP contribution in [0.5, 0.6) is 11.5 Å². The van der Waals surface area contributed by atoms with Gasteiger partial charge in [-0.25, -0.2) is 14.4 Å². The third kappa shape index (κ3) is 4.19. The van der Waals surface area contributed by atoms with Crippen molar-refractivity contribution in [3.05, 3.63) is 54.9 Å². The fourth-order valence-corrected chi connectivity index (χ4v) is 4.66. The van der Waals surface area contributed by atoms with Crippen LogP contribution in [0.1, 0.15) is 19.3 Å². The van der Waals surface area contributed by atoms with Gasteiger partial charge in [-0.1, -0.05) is 18.2 Å². The van der Waals surface area contributed by atoms with Gasteiger partial charge < -0.3 is 19.5 Å². The van der Waals surface area contributed by atoms with Crippen LogP contribution in [0.4, 0.5) is 4.39 Å². The first-order valence-corrected chi connectivity index (χ1v) is 11.9. The van der Waals surface area contributed by atoms with Crippen LogP contribution >= 0.6 is 0 Å². The summed E-state index contributed by atoms with van der Waals surface area (Å²) in [5.74, 6) is 1.41. The minimum atomic E-state index is -1.04. The summed E-state index contributed by atoms with van der Waals surface area (Å²) in [6.45, 7) is 2.54. The molecule has 2 aliphatic rings. The Bertz CT molecular complexity index is 1300. The number of para-hydroxylation sites is 1. The molecule has 2 atom stereocenters. The number of benzene rings is 1. The Morgan fingerprint density at radius 2 is 1.97 bits per heavy atom. The molecule has 1 unspecified atom stereocenters. The van der Waals surface area contributed by atoms with Gasteiger partial charge in [0.1, 0.15) is 41.0 Å². The van der Waals surface area contributed by atoms with Crippen molar-refractivity contribution >= 4 is 16.6 Å². The molecule has 2 fully saturated rings. The van der Waals surface area contributed by atoms with E-state index >= 15 is 0 Å². The number of aromatic nitrogens is 3. The largest absolute Gasteiger partial charge is 0.490 e. The molecule has 0 saturated carbocycles. The van der Waals surface area contributed by atoms with Gasteiger partial charge in [0, 0.05) is 37.0 Å². The van der Waals surface area contributed by atoms with Crippen LogP contribution in [0.15, 0.2) is 54.9 Å². The number of halogens is 1. The van der Waals surface area contributed by atoms with Crippen LogP contribution in [0.2, 0.25) is 0 Å². The van der Waals surface area contributed by atoms with Crippen LogP contribution in [0, 0.1) is 0 Å². The lowest BCUT2D eigenvalue weighted by Gasteiger charge is -2.27. The van der Waals surface area contributed by atoms with Crippen molar-refractivity contribution in [3.8, 4) is 22.9 Å². The molecule has 176 valence electrons. The average Bonchev–Trinajstić information content (AvgIpc) is 3.29. The smallest absolute Gasteiger partial charge is 0.149 e. The molecular formula is C26H27FN4O3. The second kappa shape index (κ2) is 9.19. The van der Waals surface area contributed by atoms with Crippen molar-refractivity contribution < 1.29 is 18.6 Å². The van der Waals surface area contributed by atoms with Crippen LogP contribution in [0.3, 0.4) is 0 Å². The van der Waals surface area contributed by atoms with E-state index in [0.717, 1.165) is 66.3 Å². The Kier molecular flexibility index (Phi) is 5.76. The molecule has 0 radical (unpaired) electrons. The van der Waals surface area contributed by atoms with Gasteiger partial charge >= 0.3 is 0 Å². The number of fused-ring (bicyclic) bond motifs is 2. The molecule has 1 N–H and O–H groups in total. The first-order valence-electron chi connectivity index (χ1n) is 11.9. The number of hydrogen-bond acceptors (Lipinski definition) is 6. The molecule has 4 aromatic rings. The lowest BCUT2D eigenvalue weighted by molar-refractivity contribution is 0.0256. The summed E-state index contributed by atoms with van der Waals surface area (Å²) in [5.41, 5.74) is 3.16. The summed E-state index contributed by atoms with van der Waals surface area (Å²) in [7, 11) is 0. The highest BCUT2D eigenvalue weighted by Gasteiger charge is 2.27. The summed E-state index contributed by atoms with van der Waals surface area (Å²) in [6, 6.07) is 13.7. The molecule has 0 spiro atoms. The first kappa shape index (κ1) is 21.3. The summed E-state index contributed by atoms with van der Waals surface area (Å²) >= 11 is 0. The highest BCUT2D eigenvalue weighted by atomic mass is 19.1. The maximum atomic E-state index is 14.4. The van der Waals surface area contributed by atoms with Gasteiger partial charge in [0.25, 0.3) is 0 Å². The fraction of sp³-hybridized carbons (Fsp3) is 0.385. The normalized spacial score (nSPS) is 21.7. The van der Waals surface area contributed by atoms with Crippen LogP contribution in [0.25, 0.3) is 27.9 Å². The van der Waals surface area contributed by atoms with Crippen molar-refractivity contribution in [2.45, 2.75) is 37.6 Å². The minimum absolute atomic E-state index is 0.176. The number of nitrogens with zero attached hydrogens (tertiary/aromatic N) is 3. The Balaban J connectivity index is 1.30. The average molecular weight is 463 g/mol. The van der Waals surface area contributed by atoms with E-state index in [1.54, 1.807) is 0 Å². The quantitative estimate of drug-likeness (QED) is 0.480. The van der Waals surface area contributed by atoms with E-state index in [1.807, 2.05) is 59.3 Å². The van der Waals surface area contributed by atoms with Gasteiger partial charge in [-0.05, 0) is 31.2 Å². The summed E-state index contributed by atoms with van der Waals surface area (Å²) in [5, 5.41) is 4.01. The summed E-state index contributed by atoms with van der Waals surface area (Å²) < 4.78 is 34.0. The van der Waals surface area contributed by atoms with Gasteiger partial charge in [-0.3, -0.25) is 4.40 Å². The molecule has 0 aliphatic carbocycles. The third-order valence-electron chi connectivity index (χ3n) is 6.53. The van der Waals surface area contributed by atoms with E-state index < -0.39 is 12.3 Å². The number of hydrogen-bond donors (Lipinski definition) is 1. The number of pyridine rings is 2. The summed E-state index contributed by atoms with van der Waals surface area (Å²) in [6.07, 6.45) is 4.87. The summed E-state index contributed by atoms with van der Waals surface area (Å²) in [4.78, 5) is 9.49. The Morgan fingerprint density at radius 1 is 1.06 bits per heavy atom. The Hall–Kier alpha value is -3.23. The van der Waals surface area contributed by atoms with E-state index in [2.05, 4.69) is 10.3 Å². The van der Waals surface area contributed by atoms with Crippen LogP contribution in [-0.4, -0.2) is 59.1 Å². The van der Waals surface area contributed by atoms with E-state index in [-0.39, 0.29) is 6.10 Å². The van der Waals surface area contributed by atoms with Gasteiger partial charge in [-0.2, -0.15) is 0 Å². The highest BCUT2D eigenvalue weighted by molar-refractivity contribution is 5.86. The van der Waals surface area contributed by atoms with Crippen molar-refractivity contribution in [1.29, 1.82) is 0 Å². The second-order valence-electron chi connectivity index (χ2n) is 8.85. The van der Waals surface area contributed by atoms with Crippen LogP contribution < -0.4 is 14.8 Å². The number of imidazole rings is 1. The number of piperidine rings is 1. The van der Waals surface area contributed by atoms with Gasteiger partial charge in [0.15, 0.2) is 0 Å². The maximum Gasteiger partial charge on any atom is 0.149 e. The molecule has 0 amide bonds. The van der Waals surface area contributed by atoms with Crippen molar-refractivity contribution in [1.82, 2.24) is 19.7 Å². The van der Waals surface area contributed by atoms with Gasteiger partial charge in [0.05, 0.1) is 30.8 Å². The zero-order valence-corrected chi connectivity index (χ0v) is 18.8. The zero-order valence-electron chi connectivity index (χ0n) is 18.8.